The number of amides is 2. The summed E-state index contributed by atoms with van der Waals surface area (Å²) in [6.45, 7) is 4.55. The van der Waals surface area contributed by atoms with Crippen molar-refractivity contribution < 1.29 is 9.53 Å². The average Bonchev–Trinajstić information content (AvgIpc) is 2.92. The molecule has 2 rings (SSSR count). The minimum atomic E-state index is -0.213. The number of aromatic nitrogens is 1. The molecule has 0 saturated heterocycles. The molecule has 0 aliphatic rings. The lowest BCUT2D eigenvalue weighted by Crippen LogP contribution is -2.30. The van der Waals surface area contributed by atoms with Crippen molar-refractivity contribution in [1.82, 2.24) is 10.3 Å². The van der Waals surface area contributed by atoms with E-state index in [1.807, 2.05) is 44.3 Å². The number of benzene rings is 1. The fraction of sp³-hybridized carbons (Fsp3) is 0.375. The van der Waals surface area contributed by atoms with E-state index in [0.29, 0.717) is 6.54 Å². The van der Waals surface area contributed by atoms with Crippen LogP contribution in [0.3, 0.4) is 0 Å². The molecule has 0 aliphatic carbocycles. The third-order valence-corrected chi connectivity index (χ3v) is 4.23. The summed E-state index contributed by atoms with van der Waals surface area (Å²) in [6.07, 6.45) is 2.59. The molecule has 118 valence electrons. The lowest BCUT2D eigenvalue weighted by atomic mass is 10.1. The second-order valence-corrected chi connectivity index (χ2v) is 6.32. The molecule has 2 amide bonds. The first kappa shape index (κ1) is 16.5. The normalized spacial score (nSPS) is 12.0. The summed E-state index contributed by atoms with van der Waals surface area (Å²) in [5.74, 6) is 0. The Labute approximate surface area is 134 Å². The second-order valence-electron chi connectivity index (χ2n) is 5.00. The molecule has 2 N–H and O–H groups in total. The van der Waals surface area contributed by atoms with E-state index in [0.717, 1.165) is 22.7 Å². The van der Waals surface area contributed by atoms with Crippen molar-refractivity contribution >= 4 is 23.1 Å². The fourth-order valence-electron chi connectivity index (χ4n) is 1.98. The highest BCUT2D eigenvalue weighted by molar-refractivity contribution is 7.11. The number of hydrogen-bond acceptors (Lipinski definition) is 4. The Kier molecular flexibility index (Phi) is 5.91. The molecule has 1 atom stereocenters. The van der Waals surface area contributed by atoms with Crippen LogP contribution in [-0.4, -0.2) is 24.7 Å². The minimum Gasteiger partial charge on any atom is -0.377 e. The number of nitrogens with zero attached hydrogens (tertiary/aromatic N) is 1. The van der Waals surface area contributed by atoms with Gasteiger partial charge in [0.05, 0.1) is 11.1 Å². The van der Waals surface area contributed by atoms with Gasteiger partial charge in [0.15, 0.2) is 0 Å². The third kappa shape index (κ3) is 4.82. The van der Waals surface area contributed by atoms with Crippen LogP contribution in [0.25, 0.3) is 0 Å². The monoisotopic (exact) mass is 319 g/mol. The van der Waals surface area contributed by atoms with Crippen LogP contribution in [0, 0.1) is 6.92 Å². The van der Waals surface area contributed by atoms with Crippen LogP contribution < -0.4 is 10.6 Å². The van der Waals surface area contributed by atoms with Crippen LogP contribution in [0.2, 0.25) is 0 Å². The molecule has 1 unspecified atom stereocenters. The molecule has 0 radical (unpaired) electrons. The van der Waals surface area contributed by atoms with Gasteiger partial charge in [-0.05, 0) is 31.5 Å². The number of aryl methyl sites for hydroxylation is 1. The Hall–Kier alpha value is -1.92. The number of anilines is 1. The molecule has 1 aromatic carbocycles. The maximum absolute atomic E-state index is 11.9. The van der Waals surface area contributed by atoms with E-state index in [1.54, 1.807) is 18.4 Å². The van der Waals surface area contributed by atoms with Gasteiger partial charge >= 0.3 is 6.03 Å². The number of hydrogen-bond donors (Lipinski definition) is 2. The number of nitrogens with one attached hydrogen (secondary N) is 2. The molecule has 22 heavy (non-hydrogen) atoms. The van der Waals surface area contributed by atoms with Crippen LogP contribution in [0.5, 0.6) is 0 Å². The van der Waals surface area contributed by atoms with Gasteiger partial charge < -0.3 is 15.4 Å². The van der Waals surface area contributed by atoms with Crippen molar-refractivity contribution in [2.45, 2.75) is 26.4 Å². The Bertz CT molecular complexity index is 627. The van der Waals surface area contributed by atoms with Crippen molar-refractivity contribution in [3.05, 3.63) is 45.9 Å². The molecular formula is C16H21N3O2S. The Morgan fingerprint density at radius 1 is 1.45 bits per heavy atom. The van der Waals surface area contributed by atoms with E-state index in [2.05, 4.69) is 15.6 Å². The Balaban J connectivity index is 1.81. The van der Waals surface area contributed by atoms with Crippen LogP contribution in [0.1, 0.15) is 28.5 Å². The molecule has 1 heterocycles. The lowest BCUT2D eigenvalue weighted by Gasteiger charge is -2.12. The van der Waals surface area contributed by atoms with Gasteiger partial charge in [-0.25, -0.2) is 9.78 Å². The Morgan fingerprint density at radius 2 is 2.27 bits per heavy atom. The largest absolute Gasteiger partial charge is 0.377 e. The van der Waals surface area contributed by atoms with Gasteiger partial charge in [-0.3, -0.25) is 0 Å². The summed E-state index contributed by atoms with van der Waals surface area (Å²) >= 11 is 1.65. The zero-order valence-corrected chi connectivity index (χ0v) is 13.9. The predicted octanol–water partition coefficient (Wildman–Crippen LogP) is 3.52. The molecule has 0 spiro atoms. The fourth-order valence-corrected chi connectivity index (χ4v) is 2.77. The maximum atomic E-state index is 11.9. The molecule has 2 aromatic rings. The van der Waals surface area contributed by atoms with Gasteiger partial charge in [0.1, 0.15) is 0 Å². The topological polar surface area (TPSA) is 63.2 Å². The van der Waals surface area contributed by atoms with Crippen LogP contribution in [0.15, 0.2) is 30.5 Å². The lowest BCUT2D eigenvalue weighted by molar-refractivity contribution is 0.119. The number of urea groups is 1. The number of rotatable bonds is 6. The highest BCUT2D eigenvalue weighted by atomic mass is 32.1. The summed E-state index contributed by atoms with van der Waals surface area (Å²) in [7, 11) is 1.66. The highest BCUT2D eigenvalue weighted by Crippen LogP contribution is 2.19. The summed E-state index contributed by atoms with van der Waals surface area (Å²) in [4.78, 5) is 17.3. The number of methoxy groups -OCH3 is 1. The van der Waals surface area contributed by atoms with Crippen molar-refractivity contribution in [2.24, 2.45) is 0 Å². The van der Waals surface area contributed by atoms with Crippen molar-refractivity contribution in [3.8, 4) is 0 Å². The first-order valence-corrected chi connectivity index (χ1v) is 7.99. The first-order valence-electron chi connectivity index (χ1n) is 7.17. The van der Waals surface area contributed by atoms with Crippen molar-refractivity contribution in [2.75, 3.05) is 19.0 Å². The van der Waals surface area contributed by atoms with Crippen molar-refractivity contribution in [3.63, 3.8) is 0 Å². The smallest absolute Gasteiger partial charge is 0.319 e. The van der Waals surface area contributed by atoms with Gasteiger partial charge in [0.2, 0.25) is 0 Å². The van der Waals surface area contributed by atoms with E-state index >= 15 is 0 Å². The number of thiazole rings is 1. The molecule has 0 aliphatic heterocycles. The van der Waals surface area contributed by atoms with Crippen LogP contribution in [-0.2, 0) is 11.2 Å². The van der Waals surface area contributed by atoms with E-state index in [-0.39, 0.29) is 12.1 Å². The summed E-state index contributed by atoms with van der Waals surface area (Å²) in [5.41, 5.74) is 1.78. The van der Waals surface area contributed by atoms with Gasteiger partial charge in [-0.2, -0.15) is 0 Å². The summed E-state index contributed by atoms with van der Waals surface area (Å²) in [6, 6.07) is 7.43. The van der Waals surface area contributed by atoms with Crippen molar-refractivity contribution in [1.29, 1.82) is 0 Å². The zero-order valence-electron chi connectivity index (χ0n) is 13.1. The van der Waals surface area contributed by atoms with E-state index < -0.39 is 0 Å². The van der Waals surface area contributed by atoms with E-state index in [9.17, 15) is 4.79 Å². The molecule has 0 saturated carbocycles. The standard InChI is InChI=1S/C16H21N3O2S/c1-11-10-18-15(22-11)7-8-17-16(20)19-14-6-4-5-13(9-14)12(2)21-3/h4-6,9-10,12H,7-8H2,1-3H3,(H2,17,19,20). The van der Waals surface area contributed by atoms with Gasteiger partial charge in [0.25, 0.3) is 0 Å². The van der Waals surface area contributed by atoms with E-state index in [4.69, 9.17) is 4.74 Å². The number of ether oxygens (including phenoxy) is 1. The summed E-state index contributed by atoms with van der Waals surface area (Å²) in [5, 5.41) is 6.70. The summed E-state index contributed by atoms with van der Waals surface area (Å²) < 4.78 is 5.28. The number of carbonyl (C=O) groups is 1. The molecule has 6 heteroatoms. The molecule has 1 aromatic heterocycles. The number of carbonyl (C=O) groups excluding carboxylic acids is 1. The maximum Gasteiger partial charge on any atom is 0.319 e. The SMILES string of the molecule is COC(C)c1cccc(NC(=O)NCCc2ncc(C)s2)c1. The van der Waals surface area contributed by atoms with Gasteiger partial charge in [-0.15, -0.1) is 11.3 Å². The van der Waals surface area contributed by atoms with E-state index in [1.165, 1.54) is 4.88 Å². The minimum absolute atomic E-state index is 0.00189. The highest BCUT2D eigenvalue weighted by Gasteiger charge is 2.06. The first-order chi connectivity index (χ1) is 10.6. The zero-order chi connectivity index (χ0) is 15.9. The molecule has 5 nitrogen and oxygen atoms in total. The third-order valence-electron chi connectivity index (χ3n) is 3.26. The van der Waals surface area contributed by atoms with Crippen LogP contribution >= 0.6 is 11.3 Å². The quantitative estimate of drug-likeness (QED) is 0.856. The van der Waals surface area contributed by atoms with Gasteiger partial charge in [0, 0.05) is 36.8 Å². The molecule has 0 bridgehead atoms. The second kappa shape index (κ2) is 7.91. The molecular weight excluding hydrogens is 298 g/mol. The van der Waals surface area contributed by atoms with Crippen LogP contribution in [0.4, 0.5) is 10.5 Å². The van der Waals surface area contributed by atoms with Gasteiger partial charge in [-0.1, -0.05) is 12.1 Å². The average molecular weight is 319 g/mol. The molecule has 0 fully saturated rings. The predicted molar refractivity (Wildman–Crippen MR) is 89.4 cm³/mol. The Morgan fingerprint density at radius 3 is 2.95 bits per heavy atom.